The molecular formula is C12H14N4O2. The summed E-state index contributed by atoms with van der Waals surface area (Å²) < 4.78 is 0. The third-order valence-corrected chi connectivity index (χ3v) is 2.50. The standard InChI is InChI=1S/C12H14N4O2/c1-8-3-2-4-10(15-8)7-13-5-9-6-14-16-11(9)12(17)18/h2-4,6,13H,5,7H2,1H3,(H,14,16)(H,17,18). The monoisotopic (exact) mass is 246 g/mol. The Morgan fingerprint density at radius 2 is 2.28 bits per heavy atom. The molecule has 0 spiro atoms. The molecule has 2 aromatic heterocycles. The maximum atomic E-state index is 10.8. The maximum Gasteiger partial charge on any atom is 0.354 e. The number of aromatic nitrogens is 3. The molecule has 94 valence electrons. The van der Waals surface area contributed by atoms with Crippen LogP contribution in [0.25, 0.3) is 0 Å². The van der Waals surface area contributed by atoms with Gasteiger partial charge in [-0.2, -0.15) is 5.10 Å². The van der Waals surface area contributed by atoms with Crippen LogP contribution in [0, 0.1) is 6.92 Å². The molecule has 6 nitrogen and oxygen atoms in total. The molecule has 3 N–H and O–H groups in total. The lowest BCUT2D eigenvalue weighted by Crippen LogP contribution is -2.15. The zero-order chi connectivity index (χ0) is 13.0. The van der Waals surface area contributed by atoms with Gasteiger partial charge < -0.3 is 10.4 Å². The SMILES string of the molecule is Cc1cccc(CNCc2cn[nH]c2C(=O)O)n1. The number of hydrogen-bond acceptors (Lipinski definition) is 4. The lowest BCUT2D eigenvalue weighted by molar-refractivity contribution is 0.0689. The smallest absolute Gasteiger partial charge is 0.354 e. The lowest BCUT2D eigenvalue weighted by Gasteiger charge is -2.04. The van der Waals surface area contributed by atoms with Crippen molar-refractivity contribution >= 4 is 5.97 Å². The Bertz CT molecular complexity index is 551. The number of carboxylic acids is 1. The van der Waals surface area contributed by atoms with Crippen molar-refractivity contribution in [3.05, 3.63) is 47.0 Å². The summed E-state index contributed by atoms with van der Waals surface area (Å²) in [6, 6.07) is 5.80. The molecule has 0 aromatic carbocycles. The van der Waals surface area contributed by atoms with Gasteiger partial charge in [0.05, 0.1) is 11.9 Å². The van der Waals surface area contributed by atoms with E-state index in [1.54, 1.807) is 0 Å². The molecule has 2 heterocycles. The van der Waals surface area contributed by atoms with Crippen molar-refractivity contribution in [3.8, 4) is 0 Å². The van der Waals surface area contributed by atoms with Crippen molar-refractivity contribution in [2.45, 2.75) is 20.0 Å². The number of nitrogens with one attached hydrogen (secondary N) is 2. The fourth-order valence-electron chi connectivity index (χ4n) is 1.65. The number of aromatic amines is 1. The Hall–Kier alpha value is -2.21. The van der Waals surface area contributed by atoms with Crippen LogP contribution in [0.2, 0.25) is 0 Å². The molecule has 0 aliphatic heterocycles. The van der Waals surface area contributed by atoms with Gasteiger partial charge in [-0.15, -0.1) is 0 Å². The molecule has 0 bridgehead atoms. The van der Waals surface area contributed by atoms with E-state index < -0.39 is 5.97 Å². The predicted octanol–water partition coefficient (Wildman–Crippen LogP) is 1.10. The van der Waals surface area contributed by atoms with Crippen LogP contribution in [0.4, 0.5) is 0 Å². The number of pyridine rings is 1. The highest BCUT2D eigenvalue weighted by atomic mass is 16.4. The molecule has 0 fully saturated rings. The molecule has 0 amide bonds. The summed E-state index contributed by atoms with van der Waals surface area (Å²) in [5, 5.41) is 18.2. The minimum Gasteiger partial charge on any atom is -0.477 e. The van der Waals surface area contributed by atoms with Gasteiger partial charge in [0.25, 0.3) is 0 Å². The first kappa shape index (κ1) is 12.3. The van der Waals surface area contributed by atoms with Gasteiger partial charge in [-0.3, -0.25) is 10.1 Å². The molecule has 0 atom stereocenters. The van der Waals surface area contributed by atoms with E-state index in [4.69, 9.17) is 5.11 Å². The summed E-state index contributed by atoms with van der Waals surface area (Å²) >= 11 is 0. The number of aromatic carboxylic acids is 1. The number of rotatable bonds is 5. The van der Waals surface area contributed by atoms with Gasteiger partial charge in [-0.05, 0) is 19.1 Å². The van der Waals surface area contributed by atoms with Gasteiger partial charge in [-0.1, -0.05) is 6.07 Å². The average Bonchev–Trinajstić information content (AvgIpc) is 2.77. The minimum absolute atomic E-state index is 0.125. The van der Waals surface area contributed by atoms with Crippen molar-refractivity contribution in [2.24, 2.45) is 0 Å². The van der Waals surface area contributed by atoms with Gasteiger partial charge in [0.15, 0.2) is 0 Å². The summed E-state index contributed by atoms with van der Waals surface area (Å²) in [5.41, 5.74) is 2.65. The van der Waals surface area contributed by atoms with Crippen molar-refractivity contribution < 1.29 is 9.90 Å². The summed E-state index contributed by atoms with van der Waals surface area (Å²) in [5.74, 6) is -1.00. The van der Waals surface area contributed by atoms with Crippen LogP contribution in [0.1, 0.15) is 27.4 Å². The van der Waals surface area contributed by atoms with Gasteiger partial charge in [0.1, 0.15) is 5.69 Å². The minimum atomic E-state index is -1.00. The Kier molecular flexibility index (Phi) is 3.69. The third kappa shape index (κ3) is 2.92. The number of H-pyrrole nitrogens is 1. The average molecular weight is 246 g/mol. The summed E-state index contributed by atoms with van der Waals surface area (Å²) in [4.78, 5) is 15.2. The normalized spacial score (nSPS) is 10.5. The van der Waals surface area contributed by atoms with E-state index in [0.29, 0.717) is 18.7 Å². The van der Waals surface area contributed by atoms with E-state index in [0.717, 1.165) is 11.4 Å². The molecule has 0 aliphatic rings. The molecule has 0 unspecified atom stereocenters. The van der Waals surface area contributed by atoms with E-state index in [1.807, 2.05) is 25.1 Å². The van der Waals surface area contributed by atoms with E-state index in [-0.39, 0.29) is 5.69 Å². The van der Waals surface area contributed by atoms with Crippen molar-refractivity contribution in [3.63, 3.8) is 0 Å². The van der Waals surface area contributed by atoms with Gasteiger partial charge in [0.2, 0.25) is 0 Å². The van der Waals surface area contributed by atoms with Crippen molar-refractivity contribution in [1.82, 2.24) is 20.5 Å². The predicted molar refractivity (Wildman–Crippen MR) is 65.1 cm³/mol. The van der Waals surface area contributed by atoms with E-state index >= 15 is 0 Å². The first-order valence-corrected chi connectivity index (χ1v) is 5.55. The second-order valence-corrected chi connectivity index (χ2v) is 3.95. The number of nitrogens with zero attached hydrogens (tertiary/aromatic N) is 2. The van der Waals surface area contributed by atoms with Crippen LogP contribution in [0.15, 0.2) is 24.4 Å². The number of carboxylic acid groups (broad SMARTS) is 1. The largest absolute Gasteiger partial charge is 0.477 e. The Morgan fingerprint density at radius 3 is 3.00 bits per heavy atom. The first-order valence-electron chi connectivity index (χ1n) is 5.55. The van der Waals surface area contributed by atoms with E-state index in [1.165, 1.54) is 6.20 Å². The highest BCUT2D eigenvalue weighted by Crippen LogP contribution is 2.04. The summed E-state index contributed by atoms with van der Waals surface area (Å²) in [7, 11) is 0. The summed E-state index contributed by atoms with van der Waals surface area (Å²) in [6.07, 6.45) is 1.51. The molecule has 0 saturated carbocycles. The first-order chi connectivity index (χ1) is 8.66. The van der Waals surface area contributed by atoms with Crippen LogP contribution in [-0.2, 0) is 13.1 Å². The zero-order valence-electron chi connectivity index (χ0n) is 9.97. The van der Waals surface area contributed by atoms with Crippen LogP contribution in [0.5, 0.6) is 0 Å². The maximum absolute atomic E-state index is 10.8. The van der Waals surface area contributed by atoms with Gasteiger partial charge in [-0.25, -0.2) is 4.79 Å². The molecule has 2 aromatic rings. The molecule has 0 aliphatic carbocycles. The number of aryl methyl sites for hydroxylation is 1. The van der Waals surface area contributed by atoms with E-state index in [9.17, 15) is 4.79 Å². The number of carbonyl (C=O) groups is 1. The fourth-order valence-corrected chi connectivity index (χ4v) is 1.65. The van der Waals surface area contributed by atoms with Crippen molar-refractivity contribution in [1.29, 1.82) is 0 Å². The molecule has 6 heteroatoms. The van der Waals surface area contributed by atoms with Crippen molar-refractivity contribution in [2.75, 3.05) is 0 Å². The Labute approximate surface area is 104 Å². The zero-order valence-corrected chi connectivity index (χ0v) is 9.97. The second-order valence-electron chi connectivity index (χ2n) is 3.95. The second kappa shape index (κ2) is 5.42. The molecule has 0 radical (unpaired) electrons. The van der Waals surface area contributed by atoms with Crippen LogP contribution < -0.4 is 5.32 Å². The highest BCUT2D eigenvalue weighted by Gasteiger charge is 2.11. The lowest BCUT2D eigenvalue weighted by atomic mass is 10.2. The molecular weight excluding hydrogens is 232 g/mol. The number of hydrogen-bond donors (Lipinski definition) is 3. The van der Waals surface area contributed by atoms with E-state index in [2.05, 4.69) is 20.5 Å². The highest BCUT2D eigenvalue weighted by molar-refractivity contribution is 5.86. The fraction of sp³-hybridized carbons (Fsp3) is 0.250. The van der Waals surface area contributed by atoms with Crippen LogP contribution >= 0.6 is 0 Å². The third-order valence-electron chi connectivity index (χ3n) is 2.50. The molecule has 18 heavy (non-hydrogen) atoms. The molecule has 2 rings (SSSR count). The van der Waals surface area contributed by atoms with Crippen LogP contribution in [0.3, 0.4) is 0 Å². The Balaban J connectivity index is 1.92. The topological polar surface area (TPSA) is 90.9 Å². The molecule has 0 saturated heterocycles. The Morgan fingerprint density at radius 1 is 1.44 bits per heavy atom. The van der Waals surface area contributed by atoms with Crippen LogP contribution in [-0.4, -0.2) is 26.3 Å². The van der Waals surface area contributed by atoms with Gasteiger partial charge in [0, 0.05) is 24.3 Å². The summed E-state index contributed by atoms with van der Waals surface area (Å²) in [6.45, 7) is 2.96. The quantitative estimate of drug-likeness (QED) is 0.735. The van der Waals surface area contributed by atoms with Gasteiger partial charge >= 0.3 is 5.97 Å².